The van der Waals surface area contributed by atoms with Crippen molar-refractivity contribution in [2.75, 3.05) is 7.05 Å². The Morgan fingerprint density at radius 1 is 1.64 bits per heavy atom. The first-order chi connectivity index (χ1) is 6.65. The molecule has 1 N–H and O–H groups in total. The summed E-state index contributed by atoms with van der Waals surface area (Å²) in [6, 6.07) is 0. The first-order valence-corrected chi connectivity index (χ1v) is 3.58. The number of aromatic nitrogens is 2. The highest BCUT2D eigenvalue weighted by Crippen LogP contribution is 2.07. The van der Waals surface area contributed by atoms with Crippen LogP contribution >= 0.6 is 0 Å². The van der Waals surface area contributed by atoms with Gasteiger partial charge in [-0.1, -0.05) is 5.16 Å². The maximum absolute atomic E-state index is 11.6. The van der Waals surface area contributed by atoms with Crippen LogP contribution in [-0.4, -0.2) is 29.9 Å². The van der Waals surface area contributed by atoms with Crippen LogP contribution in [-0.2, 0) is 11.3 Å². The van der Waals surface area contributed by atoms with Gasteiger partial charge in [-0.25, -0.2) is 4.63 Å². The van der Waals surface area contributed by atoms with Gasteiger partial charge < -0.3 is 10.1 Å². The molecule has 0 unspecified atom stereocenters. The van der Waals surface area contributed by atoms with Crippen molar-refractivity contribution in [2.45, 2.75) is 13.2 Å². The van der Waals surface area contributed by atoms with Crippen molar-refractivity contribution in [2.24, 2.45) is 0 Å². The molecule has 0 radical (unpaired) electrons. The van der Waals surface area contributed by atoms with Gasteiger partial charge in [0.2, 0.25) is 0 Å². The van der Waals surface area contributed by atoms with Gasteiger partial charge >= 0.3 is 6.61 Å². The maximum atomic E-state index is 11.6. The Kier molecular flexibility index (Phi) is 3.46. The highest BCUT2D eigenvalue weighted by Gasteiger charge is 2.18. The number of alkyl halides is 2. The van der Waals surface area contributed by atoms with Gasteiger partial charge in [-0.2, -0.15) is 8.78 Å². The van der Waals surface area contributed by atoms with Gasteiger partial charge in [0.25, 0.3) is 5.91 Å². The molecule has 0 aliphatic heterocycles. The van der Waals surface area contributed by atoms with Crippen molar-refractivity contribution < 1.29 is 22.9 Å². The van der Waals surface area contributed by atoms with Crippen molar-refractivity contribution in [3.8, 4) is 0 Å². The second-order valence-electron chi connectivity index (χ2n) is 2.21. The first kappa shape index (κ1) is 10.5. The molecule has 8 heteroatoms. The van der Waals surface area contributed by atoms with E-state index in [0.717, 1.165) is 0 Å². The van der Waals surface area contributed by atoms with Crippen LogP contribution in [0.1, 0.15) is 16.2 Å². The third-order valence-electron chi connectivity index (χ3n) is 1.34. The van der Waals surface area contributed by atoms with Crippen LogP contribution in [0.15, 0.2) is 4.63 Å². The normalized spacial score (nSPS) is 10.6. The van der Waals surface area contributed by atoms with E-state index in [1.54, 1.807) is 0 Å². The Bertz CT molecular complexity index is 315. The number of amides is 1. The van der Waals surface area contributed by atoms with Crippen LogP contribution in [0.3, 0.4) is 0 Å². The van der Waals surface area contributed by atoms with Crippen LogP contribution in [0.2, 0.25) is 0 Å². The molecule has 0 bridgehead atoms. The number of hydrogen-bond acceptors (Lipinski definition) is 5. The second kappa shape index (κ2) is 4.61. The molecule has 6 nitrogen and oxygen atoms in total. The number of nitrogens with zero attached hydrogens (tertiary/aromatic N) is 2. The quantitative estimate of drug-likeness (QED) is 0.761. The fourth-order valence-corrected chi connectivity index (χ4v) is 0.734. The summed E-state index contributed by atoms with van der Waals surface area (Å²) in [5.41, 5.74) is -0.224. The second-order valence-corrected chi connectivity index (χ2v) is 2.21. The van der Waals surface area contributed by atoms with Gasteiger partial charge in [0.1, 0.15) is 12.3 Å². The van der Waals surface area contributed by atoms with E-state index in [-0.39, 0.29) is 11.4 Å². The Hall–Kier alpha value is -1.57. The first-order valence-electron chi connectivity index (χ1n) is 3.58. The smallest absolute Gasteiger partial charge is 0.345 e. The number of rotatable bonds is 4. The zero-order chi connectivity index (χ0) is 10.6. The predicted molar refractivity (Wildman–Crippen MR) is 38.5 cm³/mol. The van der Waals surface area contributed by atoms with E-state index >= 15 is 0 Å². The molecule has 1 amide bonds. The third-order valence-corrected chi connectivity index (χ3v) is 1.34. The molecule has 0 aromatic carbocycles. The minimum atomic E-state index is -2.93. The molecule has 1 heterocycles. The van der Waals surface area contributed by atoms with Crippen LogP contribution in [0.4, 0.5) is 8.78 Å². The molecule has 0 saturated heterocycles. The largest absolute Gasteiger partial charge is 0.354 e. The van der Waals surface area contributed by atoms with Gasteiger partial charge in [-0.3, -0.25) is 4.79 Å². The van der Waals surface area contributed by atoms with E-state index in [9.17, 15) is 13.6 Å². The molecule has 0 spiro atoms. The van der Waals surface area contributed by atoms with Crippen molar-refractivity contribution in [1.82, 2.24) is 15.6 Å². The standard InChI is InChI=1S/C6H7F2N3O3/c1-9-5(12)4-3(10-14-11-4)2-13-6(7)8/h6H,2H2,1H3,(H,9,12). The molecular weight excluding hydrogens is 200 g/mol. The highest BCUT2D eigenvalue weighted by atomic mass is 19.3. The number of ether oxygens (including phenoxy) is 1. The fourth-order valence-electron chi connectivity index (χ4n) is 0.734. The molecule has 14 heavy (non-hydrogen) atoms. The fraction of sp³-hybridized carbons (Fsp3) is 0.500. The number of halogens is 2. The van der Waals surface area contributed by atoms with E-state index in [2.05, 4.69) is 25.0 Å². The van der Waals surface area contributed by atoms with E-state index < -0.39 is 19.1 Å². The molecule has 78 valence electrons. The minimum Gasteiger partial charge on any atom is -0.354 e. The molecule has 0 saturated carbocycles. The van der Waals surface area contributed by atoms with E-state index in [1.165, 1.54) is 7.05 Å². The van der Waals surface area contributed by atoms with Crippen molar-refractivity contribution in [3.05, 3.63) is 11.4 Å². The Morgan fingerprint density at radius 3 is 2.93 bits per heavy atom. The molecule has 0 fully saturated rings. The van der Waals surface area contributed by atoms with Crippen LogP contribution < -0.4 is 5.32 Å². The SMILES string of the molecule is CNC(=O)c1nonc1COC(F)F. The Labute approximate surface area is 77.2 Å². The molecule has 1 rings (SSSR count). The Morgan fingerprint density at radius 2 is 2.36 bits per heavy atom. The third kappa shape index (κ3) is 2.46. The average Bonchev–Trinajstić information content (AvgIpc) is 2.61. The van der Waals surface area contributed by atoms with Crippen LogP contribution in [0, 0.1) is 0 Å². The lowest BCUT2D eigenvalue weighted by Gasteiger charge is -1.99. The van der Waals surface area contributed by atoms with E-state index in [1.807, 2.05) is 0 Å². The molecule has 1 aromatic rings. The molecule has 0 aliphatic carbocycles. The van der Waals surface area contributed by atoms with Gasteiger partial charge in [0.15, 0.2) is 5.69 Å². The Balaban J connectivity index is 2.67. The minimum absolute atomic E-state index is 0.0651. The van der Waals surface area contributed by atoms with Gasteiger partial charge in [0, 0.05) is 7.05 Å². The van der Waals surface area contributed by atoms with Crippen molar-refractivity contribution in [1.29, 1.82) is 0 Å². The monoisotopic (exact) mass is 207 g/mol. The predicted octanol–water partition coefficient (Wildman–Crippen LogP) is 0.168. The van der Waals surface area contributed by atoms with Gasteiger partial charge in [-0.15, -0.1) is 0 Å². The van der Waals surface area contributed by atoms with Crippen molar-refractivity contribution >= 4 is 5.91 Å². The lowest BCUT2D eigenvalue weighted by atomic mass is 10.3. The summed E-state index contributed by atoms with van der Waals surface area (Å²) in [6.45, 7) is -3.45. The summed E-state index contributed by atoms with van der Waals surface area (Å²) in [6.07, 6.45) is 0. The van der Waals surface area contributed by atoms with E-state index in [0.29, 0.717) is 0 Å². The van der Waals surface area contributed by atoms with Crippen LogP contribution in [0.5, 0.6) is 0 Å². The van der Waals surface area contributed by atoms with Crippen molar-refractivity contribution in [3.63, 3.8) is 0 Å². The molecule has 1 aromatic heterocycles. The lowest BCUT2D eigenvalue weighted by molar-refractivity contribution is -0.138. The maximum Gasteiger partial charge on any atom is 0.345 e. The average molecular weight is 207 g/mol. The molecular formula is C6H7F2N3O3. The summed E-state index contributed by atoms with van der Waals surface area (Å²) in [5, 5.41) is 8.74. The number of carbonyl (C=O) groups excluding carboxylic acids is 1. The summed E-state index contributed by atoms with van der Waals surface area (Å²) < 4.78 is 31.4. The van der Waals surface area contributed by atoms with Crippen LogP contribution in [0.25, 0.3) is 0 Å². The highest BCUT2D eigenvalue weighted by molar-refractivity contribution is 5.92. The molecule has 0 aliphatic rings. The van der Waals surface area contributed by atoms with Gasteiger partial charge in [-0.05, 0) is 5.16 Å². The summed E-state index contributed by atoms with van der Waals surface area (Å²) in [4.78, 5) is 11.0. The zero-order valence-electron chi connectivity index (χ0n) is 7.16. The topological polar surface area (TPSA) is 77.3 Å². The zero-order valence-corrected chi connectivity index (χ0v) is 7.16. The van der Waals surface area contributed by atoms with Gasteiger partial charge in [0.05, 0.1) is 0 Å². The van der Waals surface area contributed by atoms with E-state index in [4.69, 9.17) is 0 Å². The summed E-state index contributed by atoms with van der Waals surface area (Å²) in [5.74, 6) is -0.570. The summed E-state index contributed by atoms with van der Waals surface area (Å²) in [7, 11) is 1.37. The molecule has 0 atom stereocenters. The number of hydrogen-bond donors (Lipinski definition) is 1. The lowest BCUT2D eigenvalue weighted by Crippen LogP contribution is -2.20. The number of carbonyl (C=O) groups is 1. The summed E-state index contributed by atoms with van der Waals surface area (Å²) >= 11 is 0. The number of nitrogens with one attached hydrogen (secondary N) is 1.